The molecule has 2 atom stereocenters. The molecule has 4 nitrogen and oxygen atoms in total. The minimum absolute atomic E-state index is 0.0366. The van der Waals surface area contributed by atoms with Gasteiger partial charge in [0.05, 0.1) is 12.0 Å². The van der Waals surface area contributed by atoms with E-state index in [4.69, 9.17) is 5.11 Å². The molecule has 2 unspecified atom stereocenters. The number of aliphatic carboxylic acids is 1. The average Bonchev–Trinajstić information content (AvgIpc) is 2.13. The molecule has 90 valence electrons. The summed E-state index contributed by atoms with van der Waals surface area (Å²) in [4.78, 5) is 12.6. The number of carboxylic acids is 1. The third kappa shape index (κ3) is 5.74. The highest BCUT2D eigenvalue weighted by Crippen LogP contribution is 2.14. The van der Waals surface area contributed by atoms with E-state index >= 15 is 0 Å². The van der Waals surface area contributed by atoms with E-state index in [1.165, 1.54) is 0 Å². The molecular formula is C11H23NO3. The summed E-state index contributed by atoms with van der Waals surface area (Å²) in [6, 6.07) is -0.0366. The number of carboxylic acid groups (broad SMARTS) is 1. The maximum Gasteiger partial charge on any atom is 0.304 e. The van der Waals surface area contributed by atoms with Crippen LogP contribution in [0.15, 0.2) is 0 Å². The predicted molar refractivity (Wildman–Crippen MR) is 59.9 cm³/mol. The van der Waals surface area contributed by atoms with Crippen LogP contribution >= 0.6 is 0 Å². The molecule has 4 heteroatoms. The number of hydrogen-bond donors (Lipinski definition) is 2. The second-order valence-electron chi connectivity index (χ2n) is 4.36. The molecule has 2 N–H and O–H groups in total. The van der Waals surface area contributed by atoms with Gasteiger partial charge in [0.2, 0.25) is 0 Å². The first-order valence-electron chi connectivity index (χ1n) is 5.50. The first-order valence-corrected chi connectivity index (χ1v) is 5.50. The van der Waals surface area contributed by atoms with Gasteiger partial charge in [0.15, 0.2) is 0 Å². The van der Waals surface area contributed by atoms with Gasteiger partial charge >= 0.3 is 5.97 Å². The monoisotopic (exact) mass is 217 g/mol. The summed E-state index contributed by atoms with van der Waals surface area (Å²) < 4.78 is 0. The molecule has 0 aliphatic heterocycles. The van der Waals surface area contributed by atoms with E-state index in [2.05, 4.69) is 0 Å². The maximum atomic E-state index is 10.6. The Morgan fingerprint density at radius 2 is 2.00 bits per heavy atom. The second-order valence-corrected chi connectivity index (χ2v) is 4.36. The Labute approximate surface area is 91.9 Å². The van der Waals surface area contributed by atoms with E-state index in [0.717, 1.165) is 6.54 Å². The van der Waals surface area contributed by atoms with E-state index in [-0.39, 0.29) is 12.5 Å². The lowest BCUT2D eigenvalue weighted by Gasteiger charge is -2.33. The van der Waals surface area contributed by atoms with Crippen LogP contribution in [0.2, 0.25) is 0 Å². The van der Waals surface area contributed by atoms with Crippen LogP contribution in [0.25, 0.3) is 0 Å². The number of carbonyl (C=O) groups is 1. The topological polar surface area (TPSA) is 60.8 Å². The molecule has 0 radical (unpaired) electrons. The standard InChI is InChI=1S/C11H23NO3/c1-5-11(4,15)8-12(6-2)9(3)7-10(13)14/h9,15H,5-8H2,1-4H3,(H,13,14). The highest BCUT2D eigenvalue weighted by molar-refractivity contribution is 5.67. The first kappa shape index (κ1) is 14.4. The fourth-order valence-electron chi connectivity index (χ4n) is 1.51. The van der Waals surface area contributed by atoms with Crippen molar-refractivity contribution in [3.63, 3.8) is 0 Å². The van der Waals surface area contributed by atoms with Gasteiger partial charge in [0.25, 0.3) is 0 Å². The molecule has 0 fully saturated rings. The molecule has 0 saturated heterocycles. The van der Waals surface area contributed by atoms with Crippen LogP contribution in [-0.4, -0.2) is 45.8 Å². The highest BCUT2D eigenvalue weighted by atomic mass is 16.4. The average molecular weight is 217 g/mol. The van der Waals surface area contributed by atoms with Gasteiger partial charge in [0.1, 0.15) is 0 Å². The quantitative estimate of drug-likeness (QED) is 0.675. The molecule has 15 heavy (non-hydrogen) atoms. The molecule has 0 aliphatic carbocycles. The van der Waals surface area contributed by atoms with Crippen molar-refractivity contribution in [3.05, 3.63) is 0 Å². The zero-order chi connectivity index (χ0) is 12.1. The van der Waals surface area contributed by atoms with Gasteiger partial charge in [-0.15, -0.1) is 0 Å². The van der Waals surface area contributed by atoms with Crippen LogP contribution in [0.3, 0.4) is 0 Å². The van der Waals surface area contributed by atoms with Crippen molar-refractivity contribution in [2.45, 2.75) is 52.2 Å². The molecule has 0 saturated carbocycles. The first-order chi connectivity index (χ1) is 6.82. The van der Waals surface area contributed by atoms with Crippen molar-refractivity contribution in [1.29, 1.82) is 0 Å². The Kier molecular flexibility index (Phi) is 5.83. The molecule has 0 heterocycles. The van der Waals surface area contributed by atoms with Crippen molar-refractivity contribution in [3.8, 4) is 0 Å². The molecule has 0 spiro atoms. The Morgan fingerprint density at radius 3 is 2.33 bits per heavy atom. The summed E-state index contributed by atoms with van der Waals surface area (Å²) >= 11 is 0. The van der Waals surface area contributed by atoms with Gasteiger partial charge in [-0.3, -0.25) is 9.69 Å². The lowest BCUT2D eigenvalue weighted by atomic mass is 10.0. The van der Waals surface area contributed by atoms with Crippen LogP contribution in [-0.2, 0) is 4.79 Å². The van der Waals surface area contributed by atoms with Crippen molar-refractivity contribution < 1.29 is 15.0 Å². The lowest BCUT2D eigenvalue weighted by Crippen LogP contribution is -2.45. The van der Waals surface area contributed by atoms with Crippen molar-refractivity contribution in [2.75, 3.05) is 13.1 Å². The predicted octanol–water partition coefficient (Wildman–Crippen LogP) is 1.33. The van der Waals surface area contributed by atoms with Gasteiger partial charge in [-0.1, -0.05) is 13.8 Å². The largest absolute Gasteiger partial charge is 0.481 e. The summed E-state index contributed by atoms with van der Waals surface area (Å²) in [6.07, 6.45) is 0.789. The van der Waals surface area contributed by atoms with Crippen molar-refractivity contribution in [1.82, 2.24) is 4.90 Å². The molecule has 0 aliphatic rings. The minimum Gasteiger partial charge on any atom is -0.481 e. The summed E-state index contributed by atoms with van der Waals surface area (Å²) in [5.74, 6) is -0.794. The van der Waals surface area contributed by atoms with Crippen molar-refractivity contribution in [2.24, 2.45) is 0 Å². The Balaban J connectivity index is 4.29. The third-order valence-corrected chi connectivity index (χ3v) is 2.80. The van der Waals surface area contributed by atoms with E-state index in [1.807, 2.05) is 25.7 Å². The van der Waals surface area contributed by atoms with Crippen LogP contribution < -0.4 is 0 Å². The molecule has 0 amide bonds. The van der Waals surface area contributed by atoms with E-state index in [0.29, 0.717) is 13.0 Å². The summed E-state index contributed by atoms with van der Waals surface area (Å²) in [5, 5.41) is 18.6. The second kappa shape index (κ2) is 6.08. The zero-order valence-corrected chi connectivity index (χ0v) is 10.2. The van der Waals surface area contributed by atoms with Gasteiger partial charge < -0.3 is 10.2 Å². The summed E-state index contributed by atoms with van der Waals surface area (Å²) in [7, 11) is 0. The third-order valence-electron chi connectivity index (χ3n) is 2.80. The van der Waals surface area contributed by atoms with Gasteiger partial charge in [0, 0.05) is 12.6 Å². The Morgan fingerprint density at radius 1 is 1.47 bits per heavy atom. The molecule has 0 aromatic rings. The minimum atomic E-state index is -0.794. The van der Waals surface area contributed by atoms with Crippen LogP contribution in [0.5, 0.6) is 0 Å². The highest BCUT2D eigenvalue weighted by Gasteiger charge is 2.24. The van der Waals surface area contributed by atoms with Gasteiger partial charge in [-0.05, 0) is 26.8 Å². The molecule has 0 aromatic heterocycles. The molecular weight excluding hydrogens is 194 g/mol. The smallest absolute Gasteiger partial charge is 0.304 e. The maximum absolute atomic E-state index is 10.6. The van der Waals surface area contributed by atoms with E-state index in [1.54, 1.807) is 6.92 Å². The number of hydrogen-bond acceptors (Lipinski definition) is 3. The SMILES string of the molecule is CCN(CC(C)(O)CC)C(C)CC(=O)O. The number of aliphatic hydroxyl groups is 1. The van der Waals surface area contributed by atoms with Gasteiger partial charge in [-0.2, -0.15) is 0 Å². The number of nitrogens with zero attached hydrogens (tertiary/aromatic N) is 1. The Bertz CT molecular complexity index is 204. The van der Waals surface area contributed by atoms with Crippen LogP contribution in [0.1, 0.15) is 40.5 Å². The fourth-order valence-corrected chi connectivity index (χ4v) is 1.51. The normalized spacial score (nSPS) is 17.5. The van der Waals surface area contributed by atoms with Crippen LogP contribution in [0.4, 0.5) is 0 Å². The Hall–Kier alpha value is -0.610. The summed E-state index contributed by atoms with van der Waals surface area (Å²) in [5.41, 5.74) is -0.733. The number of rotatable bonds is 7. The fraction of sp³-hybridized carbons (Fsp3) is 0.909. The summed E-state index contributed by atoms with van der Waals surface area (Å²) in [6.45, 7) is 8.84. The van der Waals surface area contributed by atoms with Crippen molar-refractivity contribution >= 4 is 5.97 Å². The van der Waals surface area contributed by atoms with E-state index < -0.39 is 11.6 Å². The lowest BCUT2D eigenvalue weighted by molar-refractivity contribution is -0.138. The molecule has 0 bridgehead atoms. The van der Waals surface area contributed by atoms with Crippen LogP contribution in [0, 0.1) is 0 Å². The van der Waals surface area contributed by atoms with E-state index in [9.17, 15) is 9.90 Å². The van der Waals surface area contributed by atoms with Gasteiger partial charge in [-0.25, -0.2) is 0 Å². The number of likely N-dealkylation sites (N-methyl/N-ethyl adjacent to an activating group) is 1. The zero-order valence-electron chi connectivity index (χ0n) is 10.2. The molecule has 0 aromatic carbocycles. The molecule has 0 rings (SSSR count).